The molecule has 2 amide bonds. The molecule has 1 aromatic heterocycles. The fourth-order valence-corrected chi connectivity index (χ4v) is 4.12. The first-order chi connectivity index (χ1) is 14.6. The molecule has 0 aliphatic carbocycles. The first kappa shape index (κ1) is 18.4. The topological polar surface area (TPSA) is 67.7 Å². The molecule has 3 aromatic rings. The molecule has 5 rings (SSSR count). The van der Waals surface area contributed by atoms with E-state index in [9.17, 15) is 9.59 Å². The van der Waals surface area contributed by atoms with E-state index in [4.69, 9.17) is 4.74 Å². The maximum Gasteiger partial charge on any atom is 0.258 e. The molecular formula is C23H22N4O3. The third-order valence-corrected chi connectivity index (χ3v) is 5.72. The molecule has 7 heteroatoms. The second kappa shape index (κ2) is 7.33. The minimum atomic E-state index is -0.666. The van der Waals surface area contributed by atoms with Gasteiger partial charge in [0, 0.05) is 26.2 Å². The Labute approximate surface area is 174 Å². The van der Waals surface area contributed by atoms with Gasteiger partial charge < -0.3 is 14.5 Å². The summed E-state index contributed by atoms with van der Waals surface area (Å²) in [6.45, 7) is 1.18. The highest BCUT2D eigenvalue weighted by Gasteiger charge is 2.39. The number of nitrogens with zero attached hydrogens (tertiary/aromatic N) is 4. The van der Waals surface area contributed by atoms with E-state index in [0.29, 0.717) is 36.5 Å². The van der Waals surface area contributed by atoms with Crippen LogP contribution in [0, 0.1) is 0 Å². The van der Waals surface area contributed by atoms with Gasteiger partial charge in [0.1, 0.15) is 18.4 Å². The summed E-state index contributed by atoms with van der Waals surface area (Å²) in [5.41, 5.74) is 3.18. The van der Waals surface area contributed by atoms with Crippen LogP contribution in [0.4, 0.5) is 5.69 Å². The SMILES string of the molecule is CN1C(=O)[C@@H](N2CCc3nn(Cc4ccccc4)cc3C2=O)COc2ccccc21. The lowest BCUT2D eigenvalue weighted by atomic mass is 10.0. The maximum absolute atomic E-state index is 13.3. The van der Waals surface area contributed by atoms with E-state index < -0.39 is 6.04 Å². The Morgan fingerprint density at radius 1 is 1.07 bits per heavy atom. The van der Waals surface area contributed by atoms with Crippen LogP contribution in [0.1, 0.15) is 21.6 Å². The lowest BCUT2D eigenvalue weighted by Gasteiger charge is -2.33. The Kier molecular flexibility index (Phi) is 4.50. The Morgan fingerprint density at radius 2 is 1.83 bits per heavy atom. The van der Waals surface area contributed by atoms with Crippen molar-refractivity contribution in [3.8, 4) is 5.75 Å². The predicted molar refractivity (Wildman–Crippen MR) is 112 cm³/mol. The second-order valence-corrected chi connectivity index (χ2v) is 7.61. The molecule has 0 spiro atoms. The number of ether oxygens (including phenoxy) is 1. The number of likely N-dealkylation sites (N-methyl/N-ethyl adjacent to an activating group) is 1. The average Bonchev–Trinajstić information content (AvgIpc) is 3.13. The summed E-state index contributed by atoms with van der Waals surface area (Å²) in [5, 5.41) is 4.60. The minimum absolute atomic E-state index is 0.138. The molecule has 30 heavy (non-hydrogen) atoms. The van der Waals surface area contributed by atoms with Crippen LogP contribution in [0.25, 0.3) is 0 Å². The number of para-hydroxylation sites is 2. The number of hydrogen-bond acceptors (Lipinski definition) is 4. The molecular weight excluding hydrogens is 380 g/mol. The van der Waals surface area contributed by atoms with Gasteiger partial charge in [-0.3, -0.25) is 14.3 Å². The van der Waals surface area contributed by atoms with Gasteiger partial charge in [-0.05, 0) is 17.7 Å². The molecule has 0 radical (unpaired) electrons. The smallest absolute Gasteiger partial charge is 0.258 e. The molecule has 0 N–H and O–H groups in total. The van der Waals surface area contributed by atoms with Gasteiger partial charge in [-0.15, -0.1) is 0 Å². The highest BCUT2D eigenvalue weighted by atomic mass is 16.5. The fraction of sp³-hybridized carbons (Fsp3) is 0.261. The Balaban J connectivity index is 1.39. The highest BCUT2D eigenvalue weighted by molar-refractivity contribution is 6.04. The van der Waals surface area contributed by atoms with Crippen molar-refractivity contribution in [2.75, 3.05) is 25.1 Å². The Hall–Kier alpha value is -3.61. The lowest BCUT2D eigenvalue weighted by molar-refractivity contribution is -0.123. The largest absolute Gasteiger partial charge is 0.489 e. The highest BCUT2D eigenvalue weighted by Crippen LogP contribution is 2.32. The van der Waals surface area contributed by atoms with Gasteiger partial charge >= 0.3 is 0 Å². The zero-order valence-electron chi connectivity index (χ0n) is 16.7. The van der Waals surface area contributed by atoms with Gasteiger partial charge in [-0.1, -0.05) is 42.5 Å². The molecule has 3 heterocycles. The van der Waals surface area contributed by atoms with E-state index in [-0.39, 0.29) is 18.4 Å². The van der Waals surface area contributed by atoms with E-state index in [1.807, 2.05) is 54.6 Å². The maximum atomic E-state index is 13.3. The van der Waals surface area contributed by atoms with E-state index in [2.05, 4.69) is 5.10 Å². The predicted octanol–water partition coefficient (Wildman–Crippen LogP) is 2.35. The van der Waals surface area contributed by atoms with Crippen LogP contribution < -0.4 is 9.64 Å². The van der Waals surface area contributed by atoms with Crippen LogP contribution in [-0.2, 0) is 17.8 Å². The van der Waals surface area contributed by atoms with E-state index >= 15 is 0 Å². The third kappa shape index (κ3) is 3.12. The summed E-state index contributed by atoms with van der Waals surface area (Å²) >= 11 is 0. The van der Waals surface area contributed by atoms with Crippen molar-refractivity contribution in [1.29, 1.82) is 0 Å². The first-order valence-electron chi connectivity index (χ1n) is 10.0. The molecule has 2 aliphatic rings. The number of hydrogen-bond donors (Lipinski definition) is 0. The summed E-state index contributed by atoms with van der Waals surface area (Å²) in [5.74, 6) is 0.335. The molecule has 0 unspecified atom stereocenters. The second-order valence-electron chi connectivity index (χ2n) is 7.61. The molecule has 1 atom stereocenters. The molecule has 152 valence electrons. The van der Waals surface area contributed by atoms with Crippen molar-refractivity contribution in [3.05, 3.63) is 77.6 Å². The lowest BCUT2D eigenvalue weighted by Crippen LogP contribution is -2.54. The number of amides is 2. The monoisotopic (exact) mass is 402 g/mol. The van der Waals surface area contributed by atoms with E-state index in [1.165, 1.54) is 0 Å². The van der Waals surface area contributed by atoms with Crippen LogP contribution in [0.2, 0.25) is 0 Å². The standard InChI is InChI=1S/C23H22N4O3/c1-25-19-9-5-6-10-21(19)30-15-20(23(25)29)27-12-11-18-17(22(27)28)14-26(24-18)13-16-7-3-2-4-8-16/h2-10,14,20H,11-13,15H2,1H3/t20-/m0/s1. The van der Waals surface area contributed by atoms with Crippen LogP contribution in [0.5, 0.6) is 5.75 Å². The summed E-state index contributed by atoms with van der Waals surface area (Å²) in [6, 6.07) is 16.8. The summed E-state index contributed by atoms with van der Waals surface area (Å²) in [7, 11) is 1.72. The van der Waals surface area contributed by atoms with E-state index in [0.717, 1.165) is 11.3 Å². The van der Waals surface area contributed by atoms with Gasteiger partial charge in [0.25, 0.3) is 11.8 Å². The number of anilines is 1. The molecule has 2 aliphatic heterocycles. The number of carbonyl (C=O) groups excluding carboxylic acids is 2. The quantitative estimate of drug-likeness (QED) is 0.675. The zero-order chi connectivity index (χ0) is 20.7. The van der Waals surface area contributed by atoms with Gasteiger partial charge in [0.2, 0.25) is 0 Å². The van der Waals surface area contributed by atoms with Crippen LogP contribution in [0.3, 0.4) is 0 Å². The first-order valence-corrected chi connectivity index (χ1v) is 10.0. The number of benzene rings is 2. The fourth-order valence-electron chi connectivity index (χ4n) is 4.12. The van der Waals surface area contributed by atoms with Crippen LogP contribution in [-0.4, -0.2) is 52.7 Å². The molecule has 0 fully saturated rings. The van der Waals surface area contributed by atoms with Crippen molar-refractivity contribution < 1.29 is 14.3 Å². The number of carbonyl (C=O) groups is 2. The third-order valence-electron chi connectivity index (χ3n) is 5.72. The van der Waals surface area contributed by atoms with Gasteiger partial charge in [0.15, 0.2) is 0 Å². The number of aromatic nitrogens is 2. The zero-order valence-corrected chi connectivity index (χ0v) is 16.7. The number of rotatable bonds is 3. The summed E-state index contributed by atoms with van der Waals surface area (Å²) < 4.78 is 7.70. The van der Waals surface area contributed by atoms with Crippen molar-refractivity contribution >= 4 is 17.5 Å². The summed E-state index contributed by atoms with van der Waals surface area (Å²) in [4.78, 5) is 29.6. The molecule has 2 aromatic carbocycles. The minimum Gasteiger partial charge on any atom is -0.489 e. The van der Waals surface area contributed by atoms with Crippen molar-refractivity contribution in [1.82, 2.24) is 14.7 Å². The summed E-state index contributed by atoms with van der Waals surface area (Å²) in [6.07, 6.45) is 2.40. The molecule has 0 saturated heterocycles. The Morgan fingerprint density at radius 3 is 2.67 bits per heavy atom. The van der Waals surface area contributed by atoms with Crippen LogP contribution >= 0.6 is 0 Å². The normalized spacial score (nSPS) is 18.5. The van der Waals surface area contributed by atoms with Crippen LogP contribution in [0.15, 0.2) is 60.8 Å². The number of fused-ring (bicyclic) bond motifs is 2. The molecule has 7 nitrogen and oxygen atoms in total. The van der Waals surface area contributed by atoms with E-state index in [1.54, 1.807) is 27.7 Å². The molecule has 0 saturated carbocycles. The molecule has 0 bridgehead atoms. The van der Waals surface area contributed by atoms with Crippen molar-refractivity contribution in [2.24, 2.45) is 0 Å². The average molecular weight is 402 g/mol. The Bertz CT molecular complexity index is 1110. The van der Waals surface area contributed by atoms with Crippen molar-refractivity contribution in [3.63, 3.8) is 0 Å². The van der Waals surface area contributed by atoms with Gasteiger partial charge in [0.05, 0.1) is 23.5 Å². The van der Waals surface area contributed by atoms with Crippen molar-refractivity contribution in [2.45, 2.75) is 19.0 Å². The van der Waals surface area contributed by atoms with Gasteiger partial charge in [-0.25, -0.2) is 0 Å². The van der Waals surface area contributed by atoms with Gasteiger partial charge in [-0.2, -0.15) is 5.10 Å².